The number of imidazole rings is 1. The highest BCUT2D eigenvalue weighted by Crippen LogP contribution is 2.50. The zero-order chi connectivity index (χ0) is 23.4. The molecule has 2 aliphatic rings. The predicted molar refractivity (Wildman–Crippen MR) is 130 cm³/mol. The van der Waals surface area contributed by atoms with Crippen molar-refractivity contribution in [1.82, 2.24) is 24.3 Å². The number of pyridine rings is 2. The summed E-state index contributed by atoms with van der Waals surface area (Å²) in [6, 6.07) is 4.05. The van der Waals surface area contributed by atoms with Gasteiger partial charge in [-0.2, -0.15) is 0 Å². The Labute approximate surface area is 201 Å². The van der Waals surface area contributed by atoms with Gasteiger partial charge in [-0.3, -0.25) is 9.38 Å². The lowest BCUT2D eigenvalue weighted by Crippen LogP contribution is -2.45. The topological polar surface area (TPSA) is 111 Å². The summed E-state index contributed by atoms with van der Waals surface area (Å²) in [4.78, 5) is 21.9. The Kier molecular flexibility index (Phi) is 4.66. The van der Waals surface area contributed by atoms with Crippen LogP contribution in [0.2, 0.25) is 5.02 Å². The number of nitrogens with zero attached hydrogens (tertiary/aromatic N) is 6. The Bertz CT molecular complexity index is 1400. The number of hydrogen-bond donors (Lipinski definition) is 2. The van der Waals surface area contributed by atoms with Gasteiger partial charge in [-0.25, -0.2) is 15.0 Å². The first-order chi connectivity index (χ1) is 16.4. The van der Waals surface area contributed by atoms with Crippen molar-refractivity contribution in [2.75, 3.05) is 23.7 Å². The average molecular weight is 480 g/mol. The van der Waals surface area contributed by atoms with Gasteiger partial charge in [-0.05, 0) is 42.3 Å². The monoisotopic (exact) mass is 479 g/mol. The summed E-state index contributed by atoms with van der Waals surface area (Å²) in [7, 11) is 0. The van der Waals surface area contributed by atoms with Crippen LogP contribution in [-0.2, 0) is 6.42 Å². The van der Waals surface area contributed by atoms with E-state index >= 15 is 0 Å². The van der Waals surface area contributed by atoms with Crippen LogP contribution in [-0.4, -0.2) is 37.4 Å². The molecule has 4 aromatic heterocycles. The summed E-state index contributed by atoms with van der Waals surface area (Å²) in [6.45, 7) is 1.68. The van der Waals surface area contributed by atoms with E-state index in [-0.39, 0.29) is 11.5 Å². The zero-order valence-corrected chi connectivity index (χ0v) is 19.4. The average Bonchev–Trinajstić information content (AvgIpc) is 3.43. The molecule has 0 aromatic carbocycles. The minimum Gasteiger partial charge on any atom is -0.382 e. The van der Waals surface area contributed by atoms with E-state index in [1.807, 2.05) is 28.9 Å². The van der Waals surface area contributed by atoms with Crippen LogP contribution in [0.3, 0.4) is 0 Å². The Morgan fingerprint density at radius 1 is 1.09 bits per heavy atom. The SMILES string of the molecule is [2H]c1cnc2c(c1)[C@@H](N)C1(CCN(c3ncc(Sc4ccnc(N)c4Cl)c4nccn34)CC1)C2. The molecular formula is C23H23ClN8S. The molecule has 1 fully saturated rings. The van der Waals surface area contributed by atoms with Gasteiger partial charge in [0, 0.05) is 60.7 Å². The van der Waals surface area contributed by atoms with E-state index in [0.29, 0.717) is 16.9 Å². The first-order valence-electron chi connectivity index (χ1n) is 11.3. The van der Waals surface area contributed by atoms with E-state index in [1.165, 1.54) is 11.8 Å². The molecule has 0 bridgehead atoms. The van der Waals surface area contributed by atoms with Crippen molar-refractivity contribution in [3.8, 4) is 0 Å². The molecule has 0 radical (unpaired) electrons. The van der Waals surface area contributed by atoms with E-state index in [9.17, 15) is 0 Å². The summed E-state index contributed by atoms with van der Waals surface area (Å²) < 4.78 is 9.93. The van der Waals surface area contributed by atoms with Gasteiger partial charge < -0.3 is 16.4 Å². The number of fused-ring (bicyclic) bond motifs is 2. The minimum atomic E-state index is -0.0833. The molecule has 4 aromatic rings. The molecule has 1 atom stereocenters. The number of nitrogens with two attached hydrogens (primary N) is 2. The van der Waals surface area contributed by atoms with Crippen molar-refractivity contribution in [1.29, 1.82) is 0 Å². The van der Waals surface area contributed by atoms with Gasteiger partial charge in [-0.15, -0.1) is 0 Å². The van der Waals surface area contributed by atoms with Gasteiger partial charge in [0.15, 0.2) is 5.65 Å². The van der Waals surface area contributed by atoms with Crippen LogP contribution >= 0.6 is 23.4 Å². The van der Waals surface area contributed by atoms with Gasteiger partial charge in [0.1, 0.15) is 5.82 Å². The van der Waals surface area contributed by atoms with E-state index in [1.54, 1.807) is 18.6 Å². The second kappa shape index (κ2) is 7.86. The normalized spacial score (nSPS) is 19.8. The summed E-state index contributed by atoms with van der Waals surface area (Å²) in [6.07, 6.45) is 11.6. The molecule has 0 amide bonds. The third kappa shape index (κ3) is 3.34. The molecule has 4 N–H and O–H groups in total. The van der Waals surface area contributed by atoms with Gasteiger partial charge in [0.25, 0.3) is 0 Å². The smallest absolute Gasteiger partial charge is 0.211 e. The quantitative estimate of drug-likeness (QED) is 0.457. The van der Waals surface area contributed by atoms with Crippen LogP contribution < -0.4 is 16.4 Å². The number of rotatable bonds is 3. The van der Waals surface area contributed by atoms with Crippen molar-refractivity contribution in [2.24, 2.45) is 11.1 Å². The Morgan fingerprint density at radius 3 is 2.79 bits per heavy atom. The number of nitrogen functional groups attached to an aromatic ring is 1. The van der Waals surface area contributed by atoms with Crippen LogP contribution in [0.25, 0.3) is 5.65 Å². The van der Waals surface area contributed by atoms with E-state index in [0.717, 1.165) is 65.0 Å². The lowest BCUT2D eigenvalue weighted by molar-refractivity contribution is 0.186. The van der Waals surface area contributed by atoms with Crippen LogP contribution in [0.1, 0.15) is 31.5 Å². The highest BCUT2D eigenvalue weighted by Gasteiger charge is 2.46. The van der Waals surface area contributed by atoms with Crippen molar-refractivity contribution in [3.63, 3.8) is 0 Å². The highest BCUT2D eigenvalue weighted by molar-refractivity contribution is 7.99. The molecule has 1 aliphatic heterocycles. The van der Waals surface area contributed by atoms with Gasteiger partial charge in [0.2, 0.25) is 5.95 Å². The molecular weight excluding hydrogens is 456 g/mol. The molecule has 1 aliphatic carbocycles. The van der Waals surface area contributed by atoms with E-state index in [2.05, 4.69) is 19.9 Å². The maximum absolute atomic E-state index is 7.91. The highest BCUT2D eigenvalue weighted by atomic mass is 35.5. The number of anilines is 2. The molecule has 8 nitrogen and oxygen atoms in total. The van der Waals surface area contributed by atoms with E-state index in [4.69, 9.17) is 29.4 Å². The minimum absolute atomic E-state index is 0.0124. The van der Waals surface area contributed by atoms with Crippen molar-refractivity contribution < 1.29 is 1.37 Å². The molecule has 1 saturated heterocycles. The molecule has 10 heteroatoms. The third-order valence-electron chi connectivity index (χ3n) is 6.90. The molecule has 5 heterocycles. The van der Waals surface area contributed by atoms with Crippen LogP contribution in [0.4, 0.5) is 11.8 Å². The number of piperidine rings is 1. The maximum Gasteiger partial charge on any atom is 0.211 e. The second-order valence-electron chi connectivity index (χ2n) is 8.63. The summed E-state index contributed by atoms with van der Waals surface area (Å²) >= 11 is 7.82. The molecule has 168 valence electrons. The van der Waals surface area contributed by atoms with Gasteiger partial charge in [0.05, 0.1) is 11.3 Å². The molecule has 33 heavy (non-hydrogen) atoms. The Morgan fingerprint density at radius 2 is 1.94 bits per heavy atom. The van der Waals surface area contributed by atoms with Crippen molar-refractivity contribution >= 4 is 40.8 Å². The molecule has 0 saturated carbocycles. The summed E-state index contributed by atoms with van der Waals surface area (Å²) in [5.74, 6) is 1.17. The van der Waals surface area contributed by atoms with Crippen molar-refractivity contribution in [2.45, 2.75) is 35.1 Å². The lowest BCUT2D eigenvalue weighted by atomic mass is 9.73. The largest absolute Gasteiger partial charge is 0.382 e. The second-order valence-corrected chi connectivity index (χ2v) is 10.1. The Hall–Kier alpha value is -2.88. The fourth-order valence-corrected chi connectivity index (χ4v) is 6.19. The molecule has 1 spiro atoms. The fraction of sp³-hybridized carbons (Fsp3) is 0.304. The van der Waals surface area contributed by atoms with E-state index < -0.39 is 0 Å². The number of halogens is 1. The third-order valence-corrected chi connectivity index (χ3v) is 8.48. The first kappa shape index (κ1) is 19.6. The standard InChI is InChI=1S/C23H23ClN8S/c24-18-16(3-7-28-20(18)26)33-17-13-30-22(32-11-8-29-21(17)32)31-9-4-23(5-10-31)12-15-14(19(23)25)2-1-6-27-15/h1-3,6-8,11,13,19H,4-5,9-10,12,25H2,(H2,26,28)/t19-/m1/s1/i1D. The molecule has 0 unspecified atom stereocenters. The zero-order valence-electron chi connectivity index (χ0n) is 18.8. The van der Waals surface area contributed by atoms with Gasteiger partial charge in [-0.1, -0.05) is 29.4 Å². The number of hydrogen-bond acceptors (Lipinski definition) is 8. The fourth-order valence-electron chi connectivity index (χ4n) is 5.06. The summed E-state index contributed by atoms with van der Waals surface area (Å²) in [5, 5.41) is 0.434. The lowest BCUT2D eigenvalue weighted by Gasteiger charge is -2.42. The molecule has 6 rings (SSSR count). The number of aromatic nitrogens is 5. The van der Waals surface area contributed by atoms with Crippen molar-refractivity contribution in [3.05, 3.63) is 65.4 Å². The summed E-state index contributed by atoms with van der Waals surface area (Å²) in [5.41, 5.74) is 15.4. The van der Waals surface area contributed by atoms with Gasteiger partial charge >= 0.3 is 0 Å². The van der Waals surface area contributed by atoms with Crippen LogP contribution in [0.15, 0.2) is 59.0 Å². The Balaban J connectivity index is 1.25. The maximum atomic E-state index is 7.91. The predicted octanol–water partition coefficient (Wildman–Crippen LogP) is 3.75. The first-order valence-corrected chi connectivity index (χ1v) is 12.0. The van der Waals surface area contributed by atoms with Crippen LogP contribution in [0.5, 0.6) is 0 Å². The van der Waals surface area contributed by atoms with Crippen LogP contribution in [0, 0.1) is 5.41 Å².